The van der Waals surface area contributed by atoms with Crippen molar-refractivity contribution in [1.82, 2.24) is 10.2 Å². The molecule has 1 heterocycles. The fourth-order valence-corrected chi connectivity index (χ4v) is 3.31. The molecule has 0 atom stereocenters. The number of nitrogens with one attached hydrogen (secondary N) is 1. The molecule has 0 amide bonds. The second kappa shape index (κ2) is 7.62. The summed E-state index contributed by atoms with van der Waals surface area (Å²) in [5, 5.41) is 3.48. The lowest BCUT2D eigenvalue weighted by molar-refractivity contribution is 0.190. The maximum absolute atomic E-state index is 3.48. The lowest BCUT2D eigenvalue weighted by atomic mass is 9.97. The predicted molar refractivity (Wildman–Crippen MR) is 92.2 cm³/mol. The first kappa shape index (κ1) is 16.8. The van der Waals surface area contributed by atoms with Crippen molar-refractivity contribution in [3.8, 4) is 0 Å². The Labute approximate surface area is 135 Å². The Morgan fingerprint density at radius 2 is 1.76 bits per heavy atom. The largest absolute Gasteiger partial charge is 0.317 e. The van der Waals surface area contributed by atoms with Gasteiger partial charge in [-0.1, -0.05) is 18.2 Å². The van der Waals surface area contributed by atoms with Gasteiger partial charge >= 0.3 is 0 Å². The molecule has 3 rings (SSSR count). The van der Waals surface area contributed by atoms with E-state index < -0.39 is 0 Å². The molecule has 2 fully saturated rings. The van der Waals surface area contributed by atoms with Crippen LogP contribution >= 0.6 is 12.4 Å². The van der Waals surface area contributed by atoms with Crippen LogP contribution in [0.15, 0.2) is 18.2 Å². The highest BCUT2D eigenvalue weighted by atomic mass is 35.5. The molecule has 0 radical (unpaired) electrons. The third kappa shape index (κ3) is 4.70. The van der Waals surface area contributed by atoms with Crippen molar-refractivity contribution in [2.75, 3.05) is 19.6 Å². The van der Waals surface area contributed by atoms with Gasteiger partial charge in [0.25, 0.3) is 0 Å². The average Bonchev–Trinajstić information content (AvgIpc) is 3.28. The molecule has 1 saturated carbocycles. The Kier molecular flexibility index (Phi) is 6.09. The third-order valence-corrected chi connectivity index (χ3v) is 4.97. The Hall–Kier alpha value is -0.570. The summed E-state index contributed by atoms with van der Waals surface area (Å²) in [4.78, 5) is 2.75. The summed E-state index contributed by atoms with van der Waals surface area (Å²) in [6.07, 6.45) is 5.54. The molecule has 1 saturated heterocycles. The van der Waals surface area contributed by atoms with Crippen LogP contribution < -0.4 is 5.32 Å². The predicted octanol–water partition coefficient (Wildman–Crippen LogP) is 3.69. The van der Waals surface area contributed by atoms with Gasteiger partial charge in [-0.05, 0) is 75.2 Å². The minimum atomic E-state index is 0. The van der Waals surface area contributed by atoms with Gasteiger partial charge in [-0.3, -0.25) is 4.90 Å². The smallest absolute Gasteiger partial charge is 0.0236 e. The molecule has 1 aromatic rings. The van der Waals surface area contributed by atoms with Crippen LogP contribution in [0.25, 0.3) is 0 Å². The molecule has 21 heavy (non-hydrogen) atoms. The van der Waals surface area contributed by atoms with E-state index in [4.69, 9.17) is 0 Å². The summed E-state index contributed by atoms with van der Waals surface area (Å²) in [5.74, 6) is 0.906. The lowest BCUT2D eigenvalue weighted by Gasteiger charge is -2.30. The first-order valence-electron chi connectivity index (χ1n) is 8.23. The van der Waals surface area contributed by atoms with Gasteiger partial charge in [0.1, 0.15) is 0 Å². The van der Waals surface area contributed by atoms with Crippen LogP contribution in [0.3, 0.4) is 0 Å². The molecule has 1 N–H and O–H groups in total. The van der Waals surface area contributed by atoms with Gasteiger partial charge in [0.15, 0.2) is 0 Å². The molecule has 2 nitrogen and oxygen atoms in total. The van der Waals surface area contributed by atoms with Gasteiger partial charge in [0.05, 0.1) is 0 Å². The van der Waals surface area contributed by atoms with Crippen molar-refractivity contribution >= 4 is 12.4 Å². The fraction of sp³-hybridized carbons (Fsp3) is 0.667. The van der Waals surface area contributed by atoms with E-state index in [2.05, 4.69) is 42.3 Å². The van der Waals surface area contributed by atoms with E-state index in [1.54, 1.807) is 0 Å². The van der Waals surface area contributed by atoms with Gasteiger partial charge in [-0.2, -0.15) is 0 Å². The highest BCUT2D eigenvalue weighted by Gasteiger charge is 2.30. The van der Waals surface area contributed by atoms with Gasteiger partial charge < -0.3 is 5.32 Å². The van der Waals surface area contributed by atoms with E-state index in [9.17, 15) is 0 Å². The summed E-state index contributed by atoms with van der Waals surface area (Å²) in [6.45, 7) is 9.31. The number of hydrogen-bond acceptors (Lipinski definition) is 2. The van der Waals surface area contributed by atoms with Crippen molar-refractivity contribution in [2.45, 2.75) is 52.1 Å². The third-order valence-electron chi connectivity index (χ3n) is 4.97. The average molecular weight is 309 g/mol. The number of piperidine rings is 1. The standard InChI is InChI=1S/C18H28N2.ClH/c1-14-3-4-17(11-15(14)2)13-20(18-5-6-18)12-16-7-9-19-10-8-16;/h3-4,11,16,18-19H,5-10,12-13H2,1-2H3;1H. The van der Waals surface area contributed by atoms with Gasteiger partial charge in [-0.25, -0.2) is 0 Å². The van der Waals surface area contributed by atoms with E-state index in [-0.39, 0.29) is 12.4 Å². The molecule has 1 aliphatic carbocycles. The molecule has 0 unspecified atom stereocenters. The quantitative estimate of drug-likeness (QED) is 0.892. The molecule has 0 aromatic heterocycles. The van der Waals surface area contributed by atoms with Crippen LogP contribution in [0.1, 0.15) is 42.4 Å². The molecular formula is C18H29ClN2. The number of rotatable bonds is 5. The highest BCUT2D eigenvalue weighted by molar-refractivity contribution is 5.85. The monoisotopic (exact) mass is 308 g/mol. The first-order chi connectivity index (χ1) is 9.72. The zero-order chi connectivity index (χ0) is 13.9. The maximum Gasteiger partial charge on any atom is 0.0236 e. The van der Waals surface area contributed by atoms with Gasteiger partial charge in [-0.15, -0.1) is 12.4 Å². The Balaban J connectivity index is 0.00000161. The topological polar surface area (TPSA) is 15.3 Å². The SMILES string of the molecule is Cc1ccc(CN(CC2CCNCC2)C2CC2)cc1C.Cl. The number of halogens is 1. The zero-order valence-electron chi connectivity index (χ0n) is 13.4. The van der Waals surface area contributed by atoms with Crippen LogP contribution in [0.5, 0.6) is 0 Å². The van der Waals surface area contributed by atoms with Gasteiger partial charge in [0, 0.05) is 19.1 Å². The number of nitrogens with zero attached hydrogens (tertiary/aromatic N) is 1. The van der Waals surface area contributed by atoms with Crippen LogP contribution in [-0.4, -0.2) is 30.6 Å². The normalized spacial score (nSPS) is 19.6. The van der Waals surface area contributed by atoms with Crippen LogP contribution in [-0.2, 0) is 6.54 Å². The van der Waals surface area contributed by atoms with Gasteiger partial charge in [0.2, 0.25) is 0 Å². The number of benzene rings is 1. The minimum Gasteiger partial charge on any atom is -0.317 e. The van der Waals surface area contributed by atoms with E-state index in [0.29, 0.717) is 0 Å². The summed E-state index contributed by atoms with van der Waals surface area (Å²) < 4.78 is 0. The molecule has 1 aliphatic heterocycles. The molecule has 1 aromatic carbocycles. The van der Waals surface area contributed by atoms with Crippen molar-refractivity contribution in [3.63, 3.8) is 0 Å². The molecule has 0 spiro atoms. The molecule has 3 heteroatoms. The van der Waals surface area contributed by atoms with Crippen molar-refractivity contribution in [3.05, 3.63) is 34.9 Å². The number of aryl methyl sites for hydroxylation is 2. The van der Waals surface area contributed by atoms with Crippen LogP contribution in [0.4, 0.5) is 0 Å². The van der Waals surface area contributed by atoms with Crippen molar-refractivity contribution < 1.29 is 0 Å². The Morgan fingerprint density at radius 3 is 2.38 bits per heavy atom. The fourth-order valence-electron chi connectivity index (χ4n) is 3.31. The second-order valence-electron chi connectivity index (χ2n) is 6.77. The Bertz CT molecular complexity index is 451. The second-order valence-corrected chi connectivity index (χ2v) is 6.77. The summed E-state index contributed by atoms with van der Waals surface area (Å²) in [7, 11) is 0. The minimum absolute atomic E-state index is 0. The molecule has 0 bridgehead atoms. The summed E-state index contributed by atoms with van der Waals surface area (Å²) in [5.41, 5.74) is 4.33. The maximum atomic E-state index is 3.48. The molecule has 2 aliphatic rings. The highest BCUT2D eigenvalue weighted by Crippen LogP contribution is 2.30. The van der Waals surface area contributed by atoms with E-state index in [1.807, 2.05) is 0 Å². The first-order valence-corrected chi connectivity index (χ1v) is 8.23. The van der Waals surface area contributed by atoms with Crippen LogP contribution in [0, 0.1) is 19.8 Å². The molecular weight excluding hydrogens is 280 g/mol. The van der Waals surface area contributed by atoms with Crippen LogP contribution in [0.2, 0.25) is 0 Å². The lowest BCUT2D eigenvalue weighted by Crippen LogP contribution is -2.37. The zero-order valence-corrected chi connectivity index (χ0v) is 14.2. The van der Waals surface area contributed by atoms with Crippen molar-refractivity contribution in [1.29, 1.82) is 0 Å². The molecule has 118 valence electrons. The summed E-state index contributed by atoms with van der Waals surface area (Å²) >= 11 is 0. The van der Waals surface area contributed by atoms with E-state index in [0.717, 1.165) is 18.5 Å². The van der Waals surface area contributed by atoms with E-state index >= 15 is 0 Å². The number of hydrogen-bond donors (Lipinski definition) is 1. The van der Waals surface area contributed by atoms with E-state index in [1.165, 1.54) is 62.0 Å². The summed E-state index contributed by atoms with van der Waals surface area (Å²) in [6, 6.07) is 7.85. The van der Waals surface area contributed by atoms with Crippen molar-refractivity contribution in [2.24, 2.45) is 5.92 Å². The Morgan fingerprint density at radius 1 is 1.05 bits per heavy atom.